The van der Waals surface area contributed by atoms with E-state index in [1.54, 1.807) is 0 Å². The molecule has 1 saturated heterocycles. The highest BCUT2D eigenvalue weighted by Crippen LogP contribution is 2.41. The normalized spacial score (nSPS) is 38.4. The Hall–Kier alpha value is -0.0800. The lowest BCUT2D eigenvalue weighted by molar-refractivity contribution is -0.190. The van der Waals surface area contributed by atoms with Crippen LogP contribution in [0.4, 0.5) is 0 Å². The number of aliphatic hydroxyl groups is 1. The molecule has 0 radical (unpaired) electrons. The first-order valence-electron chi connectivity index (χ1n) is 5.48. The molecule has 0 spiro atoms. The largest absolute Gasteiger partial charge is 0.390 e. The highest BCUT2D eigenvalue weighted by atomic mass is 16.5. The molecule has 0 aromatic carbocycles. The monoisotopic (exact) mass is 200 g/mol. The summed E-state index contributed by atoms with van der Waals surface area (Å²) < 4.78 is 5.85. The smallest absolute Gasteiger partial charge is 0.0850 e. The Labute approximate surface area is 87.7 Å². The third-order valence-electron chi connectivity index (χ3n) is 3.30. The SMILES string of the molecule is CC1OC(C(C)(C)C)CC(C)(C)C1O. The van der Waals surface area contributed by atoms with Gasteiger partial charge in [0.05, 0.1) is 18.3 Å². The Morgan fingerprint density at radius 1 is 1.29 bits per heavy atom. The Morgan fingerprint density at radius 3 is 2.14 bits per heavy atom. The van der Waals surface area contributed by atoms with Crippen molar-refractivity contribution in [3.63, 3.8) is 0 Å². The Balaban J connectivity index is 2.79. The standard InChI is InChI=1S/C12H24O2/c1-8-10(13)12(5,6)7-9(14-8)11(2,3)4/h8-10,13H,7H2,1-6H3. The van der Waals surface area contributed by atoms with Crippen LogP contribution in [0.1, 0.15) is 48.0 Å². The van der Waals surface area contributed by atoms with Crippen LogP contribution in [0, 0.1) is 10.8 Å². The van der Waals surface area contributed by atoms with E-state index in [4.69, 9.17) is 4.74 Å². The third kappa shape index (κ3) is 2.29. The number of rotatable bonds is 0. The van der Waals surface area contributed by atoms with Gasteiger partial charge < -0.3 is 9.84 Å². The van der Waals surface area contributed by atoms with Gasteiger partial charge in [0, 0.05) is 0 Å². The van der Waals surface area contributed by atoms with Gasteiger partial charge >= 0.3 is 0 Å². The minimum absolute atomic E-state index is 0.0321. The van der Waals surface area contributed by atoms with Crippen LogP contribution >= 0.6 is 0 Å². The van der Waals surface area contributed by atoms with Crippen LogP contribution in [0.3, 0.4) is 0 Å². The van der Waals surface area contributed by atoms with E-state index in [-0.39, 0.29) is 29.1 Å². The summed E-state index contributed by atoms with van der Waals surface area (Å²) in [6.07, 6.45) is 0.780. The molecule has 0 amide bonds. The maximum Gasteiger partial charge on any atom is 0.0850 e. The second kappa shape index (κ2) is 3.49. The molecule has 0 bridgehead atoms. The van der Waals surface area contributed by atoms with Crippen molar-refractivity contribution in [2.24, 2.45) is 10.8 Å². The molecule has 1 N–H and O–H groups in total. The van der Waals surface area contributed by atoms with Crippen molar-refractivity contribution in [1.29, 1.82) is 0 Å². The predicted octanol–water partition coefficient (Wildman–Crippen LogP) is 2.60. The van der Waals surface area contributed by atoms with Crippen LogP contribution in [-0.4, -0.2) is 23.4 Å². The first-order valence-corrected chi connectivity index (χ1v) is 5.48. The summed E-state index contributed by atoms with van der Waals surface area (Å²) in [4.78, 5) is 0. The van der Waals surface area contributed by atoms with E-state index in [9.17, 15) is 5.11 Å². The van der Waals surface area contributed by atoms with Crippen molar-refractivity contribution in [1.82, 2.24) is 0 Å². The zero-order chi connectivity index (χ0) is 11.1. The summed E-state index contributed by atoms with van der Waals surface area (Å²) in [5.74, 6) is 0. The summed E-state index contributed by atoms with van der Waals surface area (Å²) in [6, 6.07) is 0. The fourth-order valence-electron chi connectivity index (χ4n) is 2.13. The minimum atomic E-state index is -0.346. The molecule has 2 heteroatoms. The van der Waals surface area contributed by atoms with Gasteiger partial charge in [-0.1, -0.05) is 34.6 Å². The van der Waals surface area contributed by atoms with Crippen molar-refractivity contribution in [3.8, 4) is 0 Å². The zero-order valence-electron chi connectivity index (χ0n) is 10.3. The van der Waals surface area contributed by atoms with Crippen molar-refractivity contribution in [2.75, 3.05) is 0 Å². The molecule has 0 aromatic rings. The molecule has 1 aliphatic rings. The topological polar surface area (TPSA) is 29.5 Å². The number of hydrogen-bond acceptors (Lipinski definition) is 2. The maximum absolute atomic E-state index is 9.96. The summed E-state index contributed by atoms with van der Waals surface area (Å²) in [5.41, 5.74) is 0.126. The number of aliphatic hydroxyl groups excluding tert-OH is 1. The molecule has 2 nitrogen and oxygen atoms in total. The average molecular weight is 200 g/mol. The minimum Gasteiger partial charge on any atom is -0.390 e. The molecule has 3 atom stereocenters. The lowest BCUT2D eigenvalue weighted by atomic mass is 9.71. The third-order valence-corrected chi connectivity index (χ3v) is 3.30. The molecule has 0 aromatic heterocycles. The first-order chi connectivity index (χ1) is 6.14. The summed E-state index contributed by atoms with van der Waals surface area (Å²) in [5, 5.41) is 9.96. The number of hydrogen-bond donors (Lipinski definition) is 1. The molecular weight excluding hydrogens is 176 g/mol. The van der Waals surface area contributed by atoms with E-state index in [0.717, 1.165) is 6.42 Å². The Kier molecular flexibility index (Phi) is 2.99. The van der Waals surface area contributed by atoms with Crippen LogP contribution in [0.2, 0.25) is 0 Å². The maximum atomic E-state index is 9.96. The quantitative estimate of drug-likeness (QED) is 0.651. The molecule has 1 heterocycles. The fourth-order valence-corrected chi connectivity index (χ4v) is 2.13. The molecule has 1 aliphatic heterocycles. The van der Waals surface area contributed by atoms with E-state index in [1.807, 2.05) is 6.92 Å². The van der Waals surface area contributed by atoms with Crippen molar-refractivity contribution in [3.05, 3.63) is 0 Å². The highest BCUT2D eigenvalue weighted by molar-refractivity contribution is 4.93. The average Bonchev–Trinajstić information content (AvgIpc) is 1.97. The second-order valence-electron chi connectivity index (χ2n) is 6.33. The molecule has 0 saturated carbocycles. The van der Waals surface area contributed by atoms with E-state index in [2.05, 4.69) is 34.6 Å². The van der Waals surface area contributed by atoms with Gasteiger partial charge in [-0.15, -0.1) is 0 Å². The lowest BCUT2D eigenvalue weighted by Crippen LogP contribution is -2.51. The van der Waals surface area contributed by atoms with E-state index >= 15 is 0 Å². The van der Waals surface area contributed by atoms with E-state index < -0.39 is 0 Å². The summed E-state index contributed by atoms with van der Waals surface area (Å²) in [6.45, 7) is 12.8. The highest BCUT2D eigenvalue weighted by Gasteiger charge is 2.44. The van der Waals surface area contributed by atoms with Gasteiger partial charge in [-0.25, -0.2) is 0 Å². The Bertz CT molecular complexity index is 203. The molecule has 1 rings (SSSR count). The van der Waals surface area contributed by atoms with Gasteiger partial charge in [0.25, 0.3) is 0 Å². The van der Waals surface area contributed by atoms with Crippen molar-refractivity contribution >= 4 is 0 Å². The molecule has 3 unspecified atom stereocenters. The van der Waals surface area contributed by atoms with Crippen molar-refractivity contribution < 1.29 is 9.84 Å². The molecular formula is C12H24O2. The lowest BCUT2D eigenvalue weighted by Gasteiger charge is -2.47. The van der Waals surface area contributed by atoms with Crippen LogP contribution in [0.5, 0.6) is 0 Å². The van der Waals surface area contributed by atoms with Crippen molar-refractivity contribution in [2.45, 2.75) is 66.3 Å². The van der Waals surface area contributed by atoms with Gasteiger partial charge in [0.2, 0.25) is 0 Å². The van der Waals surface area contributed by atoms with Gasteiger partial charge in [0.1, 0.15) is 0 Å². The predicted molar refractivity (Wildman–Crippen MR) is 58.2 cm³/mol. The van der Waals surface area contributed by atoms with E-state index in [0.29, 0.717) is 0 Å². The molecule has 14 heavy (non-hydrogen) atoms. The van der Waals surface area contributed by atoms with Crippen LogP contribution < -0.4 is 0 Å². The summed E-state index contributed by atoms with van der Waals surface area (Å²) >= 11 is 0. The Morgan fingerprint density at radius 2 is 1.79 bits per heavy atom. The van der Waals surface area contributed by atoms with Gasteiger partial charge in [-0.05, 0) is 24.2 Å². The summed E-state index contributed by atoms with van der Waals surface area (Å²) in [7, 11) is 0. The second-order valence-corrected chi connectivity index (χ2v) is 6.33. The van der Waals surface area contributed by atoms with Gasteiger partial charge in [0.15, 0.2) is 0 Å². The van der Waals surface area contributed by atoms with Gasteiger partial charge in [-0.3, -0.25) is 0 Å². The number of ether oxygens (including phenoxy) is 1. The zero-order valence-corrected chi connectivity index (χ0v) is 10.3. The van der Waals surface area contributed by atoms with Crippen LogP contribution in [0.15, 0.2) is 0 Å². The molecule has 1 fully saturated rings. The van der Waals surface area contributed by atoms with Crippen LogP contribution in [0.25, 0.3) is 0 Å². The molecule has 0 aliphatic carbocycles. The van der Waals surface area contributed by atoms with Crippen LogP contribution in [-0.2, 0) is 4.74 Å². The van der Waals surface area contributed by atoms with Gasteiger partial charge in [-0.2, -0.15) is 0 Å². The first kappa shape index (κ1) is 12.0. The fraction of sp³-hybridized carbons (Fsp3) is 1.00. The molecule has 84 valence electrons. The van der Waals surface area contributed by atoms with E-state index in [1.165, 1.54) is 0 Å².